The highest BCUT2D eigenvalue weighted by atomic mass is 16.2. The Balaban J connectivity index is 1.81. The molecule has 0 unspecified atom stereocenters. The fourth-order valence-electron chi connectivity index (χ4n) is 2.43. The van der Waals surface area contributed by atoms with Gasteiger partial charge in [-0.25, -0.2) is 4.98 Å². The van der Waals surface area contributed by atoms with Crippen molar-refractivity contribution in [1.29, 1.82) is 0 Å². The predicted octanol–water partition coefficient (Wildman–Crippen LogP) is -0.678. The smallest absolute Gasteiger partial charge is 0.264 e. The Morgan fingerprint density at radius 2 is 2.00 bits per heavy atom. The van der Waals surface area contributed by atoms with E-state index in [1.54, 1.807) is 11.9 Å². The van der Waals surface area contributed by atoms with Gasteiger partial charge >= 0.3 is 0 Å². The van der Waals surface area contributed by atoms with Crippen LogP contribution < -0.4 is 5.56 Å². The van der Waals surface area contributed by atoms with Crippen molar-refractivity contribution in [3.05, 3.63) is 22.9 Å². The van der Waals surface area contributed by atoms with Crippen molar-refractivity contribution in [2.75, 3.05) is 13.1 Å². The number of Topliss-reactive ketones (excluding diaryl/α,β-unsaturated/α-hetero) is 1. The molecule has 3 heterocycles. The SMILES string of the molecule is Cn1ncc2c(=O)n(CC(=O)N3CCC(=O)CC3)cnc21. The number of aromatic nitrogens is 4. The van der Waals surface area contributed by atoms with Crippen LogP contribution >= 0.6 is 0 Å². The third-order valence-corrected chi connectivity index (χ3v) is 3.70. The van der Waals surface area contributed by atoms with E-state index in [1.807, 2.05) is 0 Å². The average molecular weight is 289 g/mol. The number of hydrogen-bond donors (Lipinski definition) is 0. The van der Waals surface area contributed by atoms with Crippen LogP contribution in [0, 0.1) is 0 Å². The average Bonchev–Trinajstić information content (AvgIpc) is 2.85. The van der Waals surface area contributed by atoms with Gasteiger partial charge in [0.1, 0.15) is 24.0 Å². The lowest BCUT2D eigenvalue weighted by atomic mass is 10.1. The number of ketones is 1. The summed E-state index contributed by atoms with van der Waals surface area (Å²) in [5.74, 6) is 0.00398. The molecule has 0 aromatic carbocycles. The number of carbonyl (C=O) groups excluding carboxylic acids is 2. The van der Waals surface area contributed by atoms with E-state index in [0.29, 0.717) is 37.0 Å². The van der Waals surface area contributed by atoms with E-state index in [1.165, 1.54) is 21.8 Å². The summed E-state index contributed by atoms with van der Waals surface area (Å²) < 4.78 is 2.79. The van der Waals surface area contributed by atoms with Crippen LogP contribution in [-0.4, -0.2) is 49.0 Å². The number of hydrogen-bond acceptors (Lipinski definition) is 5. The van der Waals surface area contributed by atoms with Crippen LogP contribution in [0.4, 0.5) is 0 Å². The Morgan fingerprint density at radius 1 is 1.29 bits per heavy atom. The minimum absolute atomic E-state index is 0.0646. The molecule has 1 aliphatic heterocycles. The second kappa shape index (κ2) is 5.12. The van der Waals surface area contributed by atoms with Crippen LogP contribution in [-0.2, 0) is 23.2 Å². The van der Waals surface area contributed by atoms with Crippen LogP contribution in [0.2, 0.25) is 0 Å². The highest BCUT2D eigenvalue weighted by Gasteiger charge is 2.21. The summed E-state index contributed by atoms with van der Waals surface area (Å²) in [6.07, 6.45) is 3.59. The molecule has 0 N–H and O–H groups in total. The summed E-state index contributed by atoms with van der Waals surface area (Å²) in [7, 11) is 1.70. The Morgan fingerprint density at radius 3 is 2.71 bits per heavy atom. The molecule has 0 spiro atoms. The first-order chi connectivity index (χ1) is 10.1. The number of amides is 1. The van der Waals surface area contributed by atoms with Crippen LogP contribution in [0.3, 0.4) is 0 Å². The molecule has 0 aliphatic carbocycles. The van der Waals surface area contributed by atoms with E-state index in [9.17, 15) is 14.4 Å². The topological polar surface area (TPSA) is 90.1 Å². The highest BCUT2D eigenvalue weighted by Crippen LogP contribution is 2.07. The molecule has 110 valence electrons. The van der Waals surface area contributed by atoms with Gasteiger partial charge in [-0.1, -0.05) is 0 Å². The van der Waals surface area contributed by atoms with Crippen molar-refractivity contribution in [2.45, 2.75) is 19.4 Å². The normalized spacial score (nSPS) is 15.7. The molecule has 3 rings (SSSR count). The van der Waals surface area contributed by atoms with Gasteiger partial charge in [0, 0.05) is 33.0 Å². The lowest BCUT2D eigenvalue weighted by Crippen LogP contribution is -2.41. The molecule has 21 heavy (non-hydrogen) atoms. The first-order valence-electron chi connectivity index (χ1n) is 6.73. The summed E-state index contributed by atoms with van der Waals surface area (Å²) in [4.78, 5) is 41.4. The molecule has 2 aromatic heterocycles. The van der Waals surface area contributed by atoms with Gasteiger partial charge in [-0.05, 0) is 0 Å². The second-order valence-electron chi connectivity index (χ2n) is 5.10. The molecule has 8 nitrogen and oxygen atoms in total. The van der Waals surface area contributed by atoms with Gasteiger partial charge in [-0.15, -0.1) is 0 Å². The first kappa shape index (κ1) is 13.5. The molecule has 1 amide bonds. The minimum Gasteiger partial charge on any atom is -0.340 e. The van der Waals surface area contributed by atoms with E-state index in [4.69, 9.17) is 0 Å². The van der Waals surface area contributed by atoms with E-state index >= 15 is 0 Å². The number of rotatable bonds is 2. The number of piperidine rings is 1. The fraction of sp³-hybridized carbons (Fsp3) is 0.462. The number of carbonyl (C=O) groups is 2. The minimum atomic E-state index is -0.283. The molecule has 0 radical (unpaired) electrons. The molecular weight excluding hydrogens is 274 g/mol. The number of fused-ring (bicyclic) bond motifs is 1. The highest BCUT2D eigenvalue weighted by molar-refractivity contribution is 5.83. The standard InChI is InChI=1S/C13H15N5O3/c1-16-12-10(6-15-16)13(21)18(8-14-12)7-11(20)17-4-2-9(19)3-5-17/h6,8H,2-5,7H2,1H3. The van der Waals surface area contributed by atoms with Gasteiger partial charge in [-0.3, -0.25) is 23.6 Å². The molecule has 2 aromatic rings. The maximum atomic E-state index is 12.3. The van der Waals surface area contributed by atoms with Gasteiger partial charge in [0.05, 0.1) is 6.20 Å². The molecule has 8 heteroatoms. The van der Waals surface area contributed by atoms with Crippen LogP contribution in [0.25, 0.3) is 11.0 Å². The van der Waals surface area contributed by atoms with Crippen LogP contribution in [0.1, 0.15) is 12.8 Å². The van der Waals surface area contributed by atoms with Crippen molar-refractivity contribution in [3.63, 3.8) is 0 Å². The van der Waals surface area contributed by atoms with Crippen LogP contribution in [0.15, 0.2) is 17.3 Å². The quantitative estimate of drug-likeness (QED) is 0.731. The fourth-order valence-corrected chi connectivity index (χ4v) is 2.43. The van der Waals surface area contributed by atoms with Crippen molar-refractivity contribution < 1.29 is 9.59 Å². The largest absolute Gasteiger partial charge is 0.340 e. The Hall–Kier alpha value is -2.51. The molecule has 0 bridgehead atoms. The van der Waals surface area contributed by atoms with Gasteiger partial charge in [0.25, 0.3) is 5.56 Å². The molecular formula is C13H15N5O3. The van der Waals surface area contributed by atoms with E-state index < -0.39 is 0 Å². The summed E-state index contributed by atoms with van der Waals surface area (Å²) in [6, 6.07) is 0. The maximum Gasteiger partial charge on any atom is 0.264 e. The van der Waals surface area contributed by atoms with Crippen molar-refractivity contribution in [3.8, 4) is 0 Å². The zero-order valence-electron chi connectivity index (χ0n) is 11.7. The molecule has 1 aliphatic rings. The second-order valence-corrected chi connectivity index (χ2v) is 5.10. The third kappa shape index (κ3) is 2.44. The molecule has 1 saturated heterocycles. The Bertz CT molecular complexity index is 766. The summed E-state index contributed by atoms with van der Waals surface area (Å²) in [5, 5.41) is 4.37. The monoisotopic (exact) mass is 289 g/mol. The lowest BCUT2D eigenvalue weighted by Gasteiger charge is -2.26. The van der Waals surface area contributed by atoms with Crippen molar-refractivity contribution in [2.24, 2.45) is 7.05 Å². The Kier molecular flexibility index (Phi) is 3.28. The molecule has 1 fully saturated rings. The molecule has 0 atom stereocenters. The maximum absolute atomic E-state index is 12.3. The van der Waals surface area contributed by atoms with Gasteiger partial charge in [0.2, 0.25) is 5.91 Å². The van der Waals surface area contributed by atoms with Crippen molar-refractivity contribution in [1.82, 2.24) is 24.2 Å². The van der Waals surface area contributed by atoms with E-state index in [-0.39, 0.29) is 23.8 Å². The zero-order valence-corrected chi connectivity index (χ0v) is 11.7. The third-order valence-electron chi connectivity index (χ3n) is 3.70. The van der Waals surface area contributed by atoms with E-state index in [2.05, 4.69) is 10.1 Å². The number of likely N-dealkylation sites (tertiary alicyclic amines) is 1. The van der Waals surface area contributed by atoms with E-state index in [0.717, 1.165) is 0 Å². The Labute approximate surface area is 120 Å². The van der Waals surface area contributed by atoms with Gasteiger partial charge < -0.3 is 4.90 Å². The lowest BCUT2D eigenvalue weighted by molar-refractivity contribution is -0.135. The molecule has 0 saturated carbocycles. The number of nitrogens with zero attached hydrogens (tertiary/aromatic N) is 5. The summed E-state index contributed by atoms with van der Waals surface area (Å²) in [6.45, 7) is 0.787. The van der Waals surface area contributed by atoms with Crippen LogP contribution in [0.5, 0.6) is 0 Å². The first-order valence-corrected chi connectivity index (χ1v) is 6.73. The van der Waals surface area contributed by atoms with Gasteiger partial charge in [0.15, 0.2) is 5.65 Å². The summed E-state index contributed by atoms with van der Waals surface area (Å²) in [5.41, 5.74) is 0.210. The number of aryl methyl sites for hydroxylation is 1. The zero-order chi connectivity index (χ0) is 15.0. The predicted molar refractivity (Wildman–Crippen MR) is 73.6 cm³/mol. The van der Waals surface area contributed by atoms with Crippen molar-refractivity contribution >= 4 is 22.7 Å². The van der Waals surface area contributed by atoms with Gasteiger partial charge in [-0.2, -0.15) is 5.10 Å². The summed E-state index contributed by atoms with van der Waals surface area (Å²) >= 11 is 0.